The molecule has 0 spiro atoms. The van der Waals surface area contributed by atoms with Gasteiger partial charge in [0.05, 0.1) is 20.3 Å². The number of nitrogens with one attached hydrogen (secondary N) is 1. The molecule has 6 heteroatoms. The Bertz CT molecular complexity index is 719. The average Bonchev–Trinajstić information content (AvgIpc) is 2.62. The van der Waals surface area contributed by atoms with Crippen molar-refractivity contribution in [2.24, 2.45) is 0 Å². The quantitative estimate of drug-likeness (QED) is 0.835. The zero-order valence-corrected chi connectivity index (χ0v) is 15.6. The van der Waals surface area contributed by atoms with E-state index in [1.54, 1.807) is 26.2 Å². The molecule has 0 saturated carbocycles. The molecule has 0 aliphatic rings. The van der Waals surface area contributed by atoms with Gasteiger partial charge in [-0.1, -0.05) is 23.7 Å². The van der Waals surface area contributed by atoms with E-state index in [2.05, 4.69) is 5.32 Å². The highest BCUT2D eigenvalue weighted by atomic mass is 35.5. The molecule has 0 aromatic heterocycles. The van der Waals surface area contributed by atoms with E-state index in [9.17, 15) is 4.79 Å². The smallest absolute Gasteiger partial charge is 0.317 e. The van der Waals surface area contributed by atoms with E-state index in [-0.39, 0.29) is 12.1 Å². The molecule has 2 amide bonds. The summed E-state index contributed by atoms with van der Waals surface area (Å²) in [6, 6.07) is 12.5. The third kappa shape index (κ3) is 5.03. The van der Waals surface area contributed by atoms with Crippen LogP contribution in [0.5, 0.6) is 11.5 Å². The summed E-state index contributed by atoms with van der Waals surface area (Å²) in [6.45, 7) is 2.40. The first kappa shape index (κ1) is 18.9. The maximum atomic E-state index is 12.5. The highest BCUT2D eigenvalue weighted by molar-refractivity contribution is 6.30. The van der Waals surface area contributed by atoms with Crippen LogP contribution in [-0.4, -0.2) is 32.2 Å². The Morgan fingerprint density at radius 3 is 2.44 bits per heavy atom. The number of benzene rings is 2. The molecule has 1 N–H and O–H groups in total. The molecule has 2 aromatic rings. The van der Waals surface area contributed by atoms with Gasteiger partial charge in [-0.15, -0.1) is 0 Å². The second-order valence-corrected chi connectivity index (χ2v) is 6.20. The zero-order chi connectivity index (χ0) is 18.4. The standard InChI is InChI=1S/C19H23ClN2O3/c1-13(17-11-16(24-3)9-10-18(17)25-4)21-19(23)22(2)12-14-5-7-15(20)8-6-14/h5-11,13H,12H2,1-4H3,(H,21,23). The molecule has 1 atom stereocenters. The lowest BCUT2D eigenvalue weighted by atomic mass is 10.1. The van der Waals surface area contributed by atoms with Gasteiger partial charge in [0.2, 0.25) is 0 Å². The summed E-state index contributed by atoms with van der Waals surface area (Å²) >= 11 is 5.89. The number of ether oxygens (including phenoxy) is 2. The molecule has 25 heavy (non-hydrogen) atoms. The summed E-state index contributed by atoms with van der Waals surface area (Å²) in [7, 11) is 4.96. The first-order valence-electron chi connectivity index (χ1n) is 7.92. The highest BCUT2D eigenvalue weighted by Crippen LogP contribution is 2.29. The van der Waals surface area contributed by atoms with Crippen molar-refractivity contribution in [2.45, 2.75) is 19.5 Å². The molecule has 0 fully saturated rings. The molecule has 5 nitrogen and oxygen atoms in total. The van der Waals surface area contributed by atoms with Crippen LogP contribution in [0.2, 0.25) is 5.02 Å². The van der Waals surface area contributed by atoms with E-state index in [1.165, 1.54) is 0 Å². The first-order valence-corrected chi connectivity index (χ1v) is 8.30. The third-order valence-electron chi connectivity index (χ3n) is 3.92. The second-order valence-electron chi connectivity index (χ2n) is 5.76. The Morgan fingerprint density at radius 1 is 1.16 bits per heavy atom. The van der Waals surface area contributed by atoms with E-state index < -0.39 is 0 Å². The summed E-state index contributed by atoms with van der Waals surface area (Å²) < 4.78 is 10.6. The predicted octanol–water partition coefficient (Wildman–Crippen LogP) is 4.26. The summed E-state index contributed by atoms with van der Waals surface area (Å²) in [6.07, 6.45) is 0. The van der Waals surface area contributed by atoms with Gasteiger partial charge in [0.1, 0.15) is 11.5 Å². The number of nitrogens with zero attached hydrogens (tertiary/aromatic N) is 1. The molecule has 1 unspecified atom stereocenters. The summed E-state index contributed by atoms with van der Waals surface area (Å²) in [5.41, 5.74) is 1.86. The Balaban J connectivity index is 2.05. The Hall–Kier alpha value is -2.40. The van der Waals surface area contributed by atoms with Gasteiger partial charge >= 0.3 is 6.03 Å². The van der Waals surface area contributed by atoms with Crippen molar-refractivity contribution in [3.05, 3.63) is 58.6 Å². The Morgan fingerprint density at radius 2 is 1.84 bits per heavy atom. The van der Waals surface area contributed by atoms with Crippen LogP contribution in [0.15, 0.2) is 42.5 Å². The van der Waals surface area contributed by atoms with Crippen LogP contribution in [0, 0.1) is 0 Å². The third-order valence-corrected chi connectivity index (χ3v) is 4.18. The van der Waals surface area contributed by atoms with E-state index in [0.29, 0.717) is 23.1 Å². The molecule has 0 aliphatic carbocycles. The molecule has 2 rings (SSSR count). The lowest BCUT2D eigenvalue weighted by Gasteiger charge is -2.23. The van der Waals surface area contributed by atoms with E-state index in [1.807, 2.05) is 49.4 Å². The normalized spacial score (nSPS) is 11.6. The lowest BCUT2D eigenvalue weighted by molar-refractivity contribution is 0.203. The molecule has 0 heterocycles. The van der Waals surface area contributed by atoms with Gasteiger partial charge < -0.3 is 19.7 Å². The molecular weight excluding hydrogens is 340 g/mol. The van der Waals surface area contributed by atoms with E-state index >= 15 is 0 Å². The lowest BCUT2D eigenvalue weighted by Crippen LogP contribution is -2.38. The van der Waals surface area contributed by atoms with Gasteiger partial charge in [-0.3, -0.25) is 0 Å². The molecule has 0 saturated heterocycles. The van der Waals surface area contributed by atoms with E-state index in [0.717, 1.165) is 11.1 Å². The fourth-order valence-electron chi connectivity index (χ4n) is 2.49. The first-order chi connectivity index (χ1) is 11.9. The van der Waals surface area contributed by atoms with E-state index in [4.69, 9.17) is 21.1 Å². The van der Waals surface area contributed by atoms with Gasteiger partial charge in [0.15, 0.2) is 0 Å². The summed E-state index contributed by atoms with van der Waals surface area (Å²) in [5, 5.41) is 3.65. The number of urea groups is 1. The minimum Gasteiger partial charge on any atom is -0.497 e. The van der Waals surface area contributed by atoms with Crippen LogP contribution in [0.3, 0.4) is 0 Å². The van der Waals surface area contributed by atoms with Crippen molar-refractivity contribution in [3.8, 4) is 11.5 Å². The van der Waals surface area contributed by atoms with Gasteiger partial charge in [-0.2, -0.15) is 0 Å². The maximum absolute atomic E-state index is 12.5. The van der Waals surface area contributed by atoms with Gasteiger partial charge in [0, 0.05) is 24.2 Å². The predicted molar refractivity (Wildman–Crippen MR) is 99.4 cm³/mol. The Labute approximate surface area is 153 Å². The number of amides is 2. The summed E-state index contributed by atoms with van der Waals surface area (Å²) in [5.74, 6) is 1.42. The average molecular weight is 363 g/mol. The van der Waals surface area contributed by atoms with Crippen LogP contribution in [0.1, 0.15) is 24.1 Å². The monoisotopic (exact) mass is 362 g/mol. The number of carbonyl (C=O) groups excluding carboxylic acids is 1. The van der Waals surface area contributed by atoms with Crippen molar-refractivity contribution in [2.75, 3.05) is 21.3 Å². The van der Waals surface area contributed by atoms with Crippen LogP contribution in [0.25, 0.3) is 0 Å². The number of hydrogen-bond donors (Lipinski definition) is 1. The van der Waals surface area contributed by atoms with Crippen molar-refractivity contribution in [3.63, 3.8) is 0 Å². The summed E-state index contributed by atoms with van der Waals surface area (Å²) in [4.78, 5) is 14.1. The molecule has 2 aromatic carbocycles. The van der Waals surface area contributed by atoms with Crippen molar-refractivity contribution < 1.29 is 14.3 Å². The van der Waals surface area contributed by atoms with Crippen molar-refractivity contribution in [1.82, 2.24) is 10.2 Å². The molecular formula is C19H23ClN2O3. The Kier molecular flexibility index (Phi) is 6.53. The minimum absolute atomic E-state index is 0.174. The van der Waals surface area contributed by atoms with Crippen molar-refractivity contribution >= 4 is 17.6 Å². The number of methoxy groups -OCH3 is 2. The maximum Gasteiger partial charge on any atom is 0.317 e. The fraction of sp³-hybridized carbons (Fsp3) is 0.316. The zero-order valence-electron chi connectivity index (χ0n) is 14.9. The molecule has 0 bridgehead atoms. The van der Waals surface area contributed by atoms with Crippen LogP contribution >= 0.6 is 11.6 Å². The van der Waals surface area contributed by atoms with Gasteiger partial charge in [-0.05, 0) is 42.8 Å². The number of rotatable bonds is 6. The van der Waals surface area contributed by atoms with Crippen LogP contribution in [-0.2, 0) is 6.54 Å². The number of halogens is 1. The van der Waals surface area contributed by atoms with Crippen molar-refractivity contribution in [1.29, 1.82) is 0 Å². The van der Waals surface area contributed by atoms with Gasteiger partial charge in [0.25, 0.3) is 0 Å². The molecule has 0 aliphatic heterocycles. The number of hydrogen-bond acceptors (Lipinski definition) is 3. The fourth-order valence-corrected chi connectivity index (χ4v) is 2.61. The molecule has 0 radical (unpaired) electrons. The number of carbonyl (C=O) groups is 1. The highest BCUT2D eigenvalue weighted by Gasteiger charge is 2.17. The second kappa shape index (κ2) is 8.62. The van der Waals surface area contributed by atoms with Crippen LogP contribution < -0.4 is 14.8 Å². The topological polar surface area (TPSA) is 50.8 Å². The minimum atomic E-state index is -0.231. The van der Waals surface area contributed by atoms with Crippen LogP contribution in [0.4, 0.5) is 4.79 Å². The largest absolute Gasteiger partial charge is 0.497 e. The van der Waals surface area contributed by atoms with Gasteiger partial charge in [-0.25, -0.2) is 4.79 Å². The molecule has 134 valence electrons. The SMILES string of the molecule is COc1ccc(OC)c(C(C)NC(=O)N(C)Cc2ccc(Cl)cc2)c1.